The second kappa shape index (κ2) is 8.20. The van der Waals surface area contributed by atoms with Crippen LogP contribution in [0.25, 0.3) is 0 Å². The molecule has 1 atom stereocenters. The summed E-state index contributed by atoms with van der Waals surface area (Å²) >= 11 is 5.65. The molecule has 3 nitrogen and oxygen atoms in total. The zero-order valence-electron chi connectivity index (χ0n) is 10.4. The van der Waals surface area contributed by atoms with Gasteiger partial charge < -0.3 is 14.8 Å². The first-order valence-electron chi connectivity index (χ1n) is 5.82. The predicted octanol–water partition coefficient (Wildman–Crippen LogP) is 2.68. The number of alkyl halides is 1. The van der Waals surface area contributed by atoms with E-state index >= 15 is 0 Å². The van der Waals surface area contributed by atoms with E-state index in [9.17, 15) is 0 Å². The van der Waals surface area contributed by atoms with Crippen molar-refractivity contribution in [2.75, 3.05) is 26.1 Å². The number of rotatable bonds is 8. The molecule has 0 heterocycles. The number of halogens is 1. The van der Waals surface area contributed by atoms with Crippen LogP contribution in [0.1, 0.15) is 13.3 Å². The second-order valence-corrected chi connectivity index (χ2v) is 4.23. The SMILES string of the molecule is COc1ccc(OCCNC(C)CCCl)cc1. The number of hydrogen-bond donors (Lipinski definition) is 1. The summed E-state index contributed by atoms with van der Waals surface area (Å²) in [5.41, 5.74) is 0. The number of benzene rings is 1. The molecule has 0 aromatic heterocycles. The molecule has 1 aromatic rings. The maximum Gasteiger partial charge on any atom is 0.119 e. The molecule has 0 aliphatic rings. The van der Waals surface area contributed by atoms with Crippen LogP contribution in [0.3, 0.4) is 0 Å². The van der Waals surface area contributed by atoms with Crippen LogP contribution in [0, 0.1) is 0 Å². The molecule has 4 heteroatoms. The van der Waals surface area contributed by atoms with Crippen molar-refractivity contribution in [3.63, 3.8) is 0 Å². The minimum atomic E-state index is 0.437. The van der Waals surface area contributed by atoms with E-state index in [0.29, 0.717) is 18.5 Å². The van der Waals surface area contributed by atoms with Gasteiger partial charge in [0.25, 0.3) is 0 Å². The molecule has 0 bridgehead atoms. The largest absolute Gasteiger partial charge is 0.497 e. The Morgan fingerprint density at radius 2 is 1.88 bits per heavy atom. The summed E-state index contributed by atoms with van der Waals surface area (Å²) in [4.78, 5) is 0. The van der Waals surface area contributed by atoms with E-state index in [1.807, 2.05) is 24.3 Å². The van der Waals surface area contributed by atoms with Crippen molar-refractivity contribution in [3.05, 3.63) is 24.3 Å². The first kappa shape index (κ1) is 14.1. The lowest BCUT2D eigenvalue weighted by Gasteiger charge is -2.12. The monoisotopic (exact) mass is 257 g/mol. The number of ether oxygens (including phenoxy) is 2. The van der Waals surface area contributed by atoms with Crippen LogP contribution in [-0.4, -0.2) is 32.2 Å². The Hall–Kier alpha value is -0.930. The highest BCUT2D eigenvalue weighted by Gasteiger charge is 1.99. The molecule has 17 heavy (non-hydrogen) atoms. The summed E-state index contributed by atoms with van der Waals surface area (Å²) < 4.78 is 10.7. The van der Waals surface area contributed by atoms with Crippen molar-refractivity contribution < 1.29 is 9.47 Å². The van der Waals surface area contributed by atoms with Crippen LogP contribution >= 0.6 is 11.6 Å². The van der Waals surface area contributed by atoms with Gasteiger partial charge in [0.15, 0.2) is 0 Å². The quantitative estimate of drug-likeness (QED) is 0.574. The van der Waals surface area contributed by atoms with Crippen molar-refractivity contribution in [1.82, 2.24) is 5.32 Å². The predicted molar refractivity (Wildman–Crippen MR) is 71.3 cm³/mol. The Morgan fingerprint density at radius 1 is 1.24 bits per heavy atom. The van der Waals surface area contributed by atoms with E-state index in [4.69, 9.17) is 21.1 Å². The second-order valence-electron chi connectivity index (χ2n) is 3.86. The molecular weight excluding hydrogens is 238 g/mol. The van der Waals surface area contributed by atoms with Gasteiger partial charge in [-0.2, -0.15) is 0 Å². The summed E-state index contributed by atoms with van der Waals surface area (Å²) in [7, 11) is 1.65. The number of methoxy groups -OCH3 is 1. The normalized spacial score (nSPS) is 12.2. The molecule has 1 rings (SSSR count). The lowest BCUT2D eigenvalue weighted by atomic mass is 10.2. The molecule has 0 saturated heterocycles. The number of nitrogens with one attached hydrogen (secondary N) is 1. The molecular formula is C13H20ClNO2. The first-order chi connectivity index (χ1) is 8.26. The Balaban J connectivity index is 2.17. The van der Waals surface area contributed by atoms with Gasteiger partial charge in [-0.25, -0.2) is 0 Å². The zero-order valence-corrected chi connectivity index (χ0v) is 11.2. The van der Waals surface area contributed by atoms with Crippen LogP contribution in [-0.2, 0) is 0 Å². The van der Waals surface area contributed by atoms with Crippen molar-refractivity contribution in [2.45, 2.75) is 19.4 Å². The molecule has 0 fully saturated rings. The summed E-state index contributed by atoms with van der Waals surface area (Å²) in [5, 5.41) is 3.34. The van der Waals surface area contributed by atoms with E-state index in [1.54, 1.807) is 7.11 Å². The smallest absolute Gasteiger partial charge is 0.119 e. The van der Waals surface area contributed by atoms with E-state index < -0.39 is 0 Å². The van der Waals surface area contributed by atoms with Crippen LogP contribution in [0.5, 0.6) is 11.5 Å². The van der Waals surface area contributed by atoms with Crippen LogP contribution in [0.2, 0.25) is 0 Å². The van der Waals surface area contributed by atoms with Gasteiger partial charge in [0.1, 0.15) is 18.1 Å². The van der Waals surface area contributed by atoms with Gasteiger partial charge >= 0.3 is 0 Å². The molecule has 1 aromatic carbocycles. The fourth-order valence-electron chi connectivity index (χ4n) is 1.41. The van der Waals surface area contributed by atoms with E-state index in [0.717, 1.165) is 24.5 Å². The average molecular weight is 258 g/mol. The fourth-order valence-corrected chi connectivity index (χ4v) is 1.74. The third-order valence-corrected chi connectivity index (χ3v) is 2.68. The van der Waals surface area contributed by atoms with Gasteiger partial charge in [0, 0.05) is 18.5 Å². The third kappa shape index (κ3) is 5.80. The lowest BCUT2D eigenvalue weighted by molar-refractivity contribution is 0.305. The molecule has 0 radical (unpaired) electrons. The standard InChI is InChI=1S/C13H20ClNO2/c1-11(7-8-14)15-9-10-17-13-5-3-12(16-2)4-6-13/h3-6,11,15H,7-10H2,1-2H3. The minimum absolute atomic E-state index is 0.437. The Kier molecular flexibility index (Phi) is 6.82. The molecule has 1 N–H and O–H groups in total. The maximum atomic E-state index is 5.65. The summed E-state index contributed by atoms with van der Waals surface area (Å²) in [6.45, 7) is 3.60. The first-order valence-corrected chi connectivity index (χ1v) is 6.36. The highest BCUT2D eigenvalue weighted by Crippen LogP contribution is 2.16. The van der Waals surface area contributed by atoms with Gasteiger partial charge in [-0.15, -0.1) is 11.6 Å². The highest BCUT2D eigenvalue weighted by atomic mass is 35.5. The Morgan fingerprint density at radius 3 is 2.47 bits per heavy atom. The topological polar surface area (TPSA) is 30.5 Å². The average Bonchev–Trinajstić information content (AvgIpc) is 2.36. The van der Waals surface area contributed by atoms with Gasteiger partial charge in [-0.1, -0.05) is 0 Å². The van der Waals surface area contributed by atoms with E-state index in [-0.39, 0.29) is 0 Å². The molecule has 0 spiro atoms. The summed E-state index contributed by atoms with van der Waals surface area (Å²) in [5.74, 6) is 2.39. The van der Waals surface area contributed by atoms with Crippen molar-refractivity contribution in [3.8, 4) is 11.5 Å². The summed E-state index contributed by atoms with van der Waals surface area (Å²) in [6.07, 6.45) is 0.976. The fraction of sp³-hybridized carbons (Fsp3) is 0.538. The van der Waals surface area contributed by atoms with E-state index in [2.05, 4.69) is 12.2 Å². The molecule has 0 saturated carbocycles. The Bertz CT molecular complexity index is 303. The zero-order chi connectivity index (χ0) is 12.5. The van der Waals surface area contributed by atoms with Gasteiger partial charge in [-0.05, 0) is 37.6 Å². The van der Waals surface area contributed by atoms with Crippen LogP contribution in [0.15, 0.2) is 24.3 Å². The van der Waals surface area contributed by atoms with Gasteiger partial charge in [0.2, 0.25) is 0 Å². The van der Waals surface area contributed by atoms with Gasteiger partial charge in [0.05, 0.1) is 7.11 Å². The van der Waals surface area contributed by atoms with Crippen molar-refractivity contribution >= 4 is 11.6 Å². The molecule has 0 amide bonds. The van der Waals surface area contributed by atoms with Crippen LogP contribution in [0.4, 0.5) is 0 Å². The Labute approximate surface area is 108 Å². The molecule has 1 unspecified atom stereocenters. The summed E-state index contributed by atoms with van der Waals surface area (Å²) in [6, 6.07) is 8.02. The molecule has 96 valence electrons. The maximum absolute atomic E-state index is 5.65. The third-order valence-electron chi connectivity index (χ3n) is 2.47. The molecule has 0 aliphatic heterocycles. The van der Waals surface area contributed by atoms with E-state index in [1.165, 1.54) is 0 Å². The van der Waals surface area contributed by atoms with Crippen molar-refractivity contribution in [2.24, 2.45) is 0 Å². The minimum Gasteiger partial charge on any atom is -0.497 e. The lowest BCUT2D eigenvalue weighted by Crippen LogP contribution is -2.30. The molecule has 0 aliphatic carbocycles. The van der Waals surface area contributed by atoms with Crippen LogP contribution < -0.4 is 14.8 Å². The number of hydrogen-bond acceptors (Lipinski definition) is 3. The van der Waals surface area contributed by atoms with Crippen molar-refractivity contribution in [1.29, 1.82) is 0 Å². The highest BCUT2D eigenvalue weighted by molar-refractivity contribution is 6.17. The van der Waals surface area contributed by atoms with Gasteiger partial charge in [-0.3, -0.25) is 0 Å².